The van der Waals surface area contributed by atoms with Gasteiger partial charge in [-0.2, -0.15) is 0 Å². The molecule has 2 aromatic rings. The van der Waals surface area contributed by atoms with Crippen molar-refractivity contribution in [2.75, 3.05) is 7.11 Å². The van der Waals surface area contributed by atoms with Crippen LogP contribution in [0, 0.1) is 10.1 Å². The number of methoxy groups -OCH3 is 1. The summed E-state index contributed by atoms with van der Waals surface area (Å²) in [5, 5.41) is 11.0. The van der Waals surface area contributed by atoms with E-state index in [4.69, 9.17) is 9.47 Å². The Labute approximate surface area is 114 Å². The number of nitro groups is 1. The average Bonchev–Trinajstić information content (AvgIpc) is 2.47. The van der Waals surface area contributed by atoms with Crippen LogP contribution in [0.25, 0.3) is 0 Å². The van der Waals surface area contributed by atoms with Crippen molar-refractivity contribution in [1.29, 1.82) is 0 Å². The summed E-state index contributed by atoms with van der Waals surface area (Å²) in [6.45, 7) is 0. The highest BCUT2D eigenvalue weighted by Gasteiger charge is 2.17. The smallest absolute Gasteiger partial charge is 0.311 e. The Kier molecular flexibility index (Phi) is 3.95. The van der Waals surface area contributed by atoms with Gasteiger partial charge in [0, 0.05) is 12.1 Å². The first-order valence-corrected chi connectivity index (χ1v) is 5.70. The molecule has 0 atom stereocenters. The molecule has 0 unspecified atom stereocenters. The van der Waals surface area contributed by atoms with Gasteiger partial charge in [0.2, 0.25) is 5.75 Å². The van der Waals surface area contributed by atoms with Gasteiger partial charge in [-0.25, -0.2) is 0 Å². The van der Waals surface area contributed by atoms with Crippen molar-refractivity contribution in [3.63, 3.8) is 0 Å². The molecule has 20 heavy (non-hydrogen) atoms. The molecular formula is C14H11NO5. The van der Waals surface area contributed by atoms with E-state index in [0.29, 0.717) is 17.6 Å². The monoisotopic (exact) mass is 273 g/mol. The van der Waals surface area contributed by atoms with Crippen LogP contribution in [-0.2, 0) is 0 Å². The van der Waals surface area contributed by atoms with Gasteiger partial charge in [-0.1, -0.05) is 12.1 Å². The lowest BCUT2D eigenvalue weighted by atomic mass is 10.2. The minimum Gasteiger partial charge on any atom is -0.497 e. The molecule has 0 bridgehead atoms. The highest BCUT2D eigenvalue weighted by molar-refractivity contribution is 5.79. The van der Waals surface area contributed by atoms with Crippen LogP contribution in [0.3, 0.4) is 0 Å². The maximum Gasteiger partial charge on any atom is 0.311 e. The largest absolute Gasteiger partial charge is 0.497 e. The Morgan fingerprint density at radius 2 is 1.90 bits per heavy atom. The van der Waals surface area contributed by atoms with Crippen LogP contribution in [0.15, 0.2) is 42.5 Å². The van der Waals surface area contributed by atoms with Crippen molar-refractivity contribution < 1.29 is 19.2 Å². The summed E-state index contributed by atoms with van der Waals surface area (Å²) in [7, 11) is 1.45. The third-order valence-corrected chi connectivity index (χ3v) is 2.63. The number of para-hydroxylation sites is 1. The maximum atomic E-state index is 11.0. The van der Waals surface area contributed by atoms with E-state index in [0.717, 1.165) is 0 Å². The van der Waals surface area contributed by atoms with Crippen molar-refractivity contribution in [3.05, 3.63) is 58.1 Å². The molecule has 2 aromatic carbocycles. The Morgan fingerprint density at radius 3 is 2.55 bits per heavy atom. The molecule has 0 saturated heterocycles. The van der Waals surface area contributed by atoms with Crippen LogP contribution in [0.5, 0.6) is 17.2 Å². The van der Waals surface area contributed by atoms with Gasteiger partial charge in [-0.3, -0.25) is 14.9 Å². The van der Waals surface area contributed by atoms with Gasteiger partial charge < -0.3 is 9.47 Å². The van der Waals surface area contributed by atoms with Crippen molar-refractivity contribution in [3.8, 4) is 17.2 Å². The summed E-state index contributed by atoms with van der Waals surface area (Å²) in [6.07, 6.45) is 0.626. The molecular weight excluding hydrogens is 262 g/mol. The van der Waals surface area contributed by atoms with Gasteiger partial charge in [0.1, 0.15) is 11.5 Å². The number of nitrogens with zero attached hydrogens (tertiary/aromatic N) is 1. The summed E-state index contributed by atoms with van der Waals surface area (Å²) in [6, 6.07) is 10.6. The van der Waals surface area contributed by atoms with Crippen LogP contribution in [-0.4, -0.2) is 18.3 Å². The SMILES string of the molecule is COc1ccc([N+](=O)[O-])c(Oc2ccccc2C=O)c1. The zero-order valence-corrected chi connectivity index (χ0v) is 10.6. The first kappa shape index (κ1) is 13.5. The predicted molar refractivity (Wildman–Crippen MR) is 71.6 cm³/mol. The number of rotatable bonds is 5. The number of nitro benzene ring substituents is 1. The first-order valence-electron chi connectivity index (χ1n) is 5.70. The second kappa shape index (κ2) is 5.83. The van der Waals surface area contributed by atoms with E-state index in [-0.39, 0.29) is 17.2 Å². The van der Waals surface area contributed by atoms with Crippen LogP contribution in [0.2, 0.25) is 0 Å². The van der Waals surface area contributed by atoms with Crippen molar-refractivity contribution >= 4 is 12.0 Å². The number of hydrogen-bond donors (Lipinski definition) is 0. The normalized spacial score (nSPS) is 9.85. The molecule has 2 rings (SSSR count). The van der Waals surface area contributed by atoms with Gasteiger partial charge in [0.05, 0.1) is 17.6 Å². The Bertz CT molecular complexity index is 654. The fraction of sp³-hybridized carbons (Fsp3) is 0.0714. The lowest BCUT2D eigenvalue weighted by Gasteiger charge is -2.09. The standard InChI is InChI=1S/C14H11NO5/c1-19-11-6-7-12(15(17)18)14(8-11)20-13-5-3-2-4-10(13)9-16/h2-9H,1H3. The van der Waals surface area contributed by atoms with E-state index in [2.05, 4.69) is 0 Å². The highest BCUT2D eigenvalue weighted by Crippen LogP contribution is 2.35. The molecule has 0 heterocycles. The fourth-order valence-corrected chi connectivity index (χ4v) is 1.64. The molecule has 102 valence electrons. The molecule has 0 aliphatic heterocycles. The van der Waals surface area contributed by atoms with E-state index in [9.17, 15) is 14.9 Å². The Morgan fingerprint density at radius 1 is 1.15 bits per heavy atom. The molecule has 0 fully saturated rings. The Hall–Kier alpha value is -2.89. The van der Waals surface area contributed by atoms with Crippen LogP contribution >= 0.6 is 0 Å². The maximum absolute atomic E-state index is 11.0. The number of ether oxygens (including phenoxy) is 2. The van der Waals surface area contributed by atoms with E-state index < -0.39 is 4.92 Å². The van der Waals surface area contributed by atoms with Crippen LogP contribution < -0.4 is 9.47 Å². The molecule has 0 radical (unpaired) electrons. The van der Waals surface area contributed by atoms with Crippen LogP contribution in [0.1, 0.15) is 10.4 Å². The lowest BCUT2D eigenvalue weighted by molar-refractivity contribution is -0.385. The minimum absolute atomic E-state index is 0.0173. The number of benzene rings is 2. The Balaban J connectivity index is 2.46. The minimum atomic E-state index is -0.557. The molecule has 0 saturated carbocycles. The molecule has 0 N–H and O–H groups in total. The third-order valence-electron chi connectivity index (χ3n) is 2.63. The number of hydrogen-bond acceptors (Lipinski definition) is 5. The van der Waals surface area contributed by atoms with Crippen molar-refractivity contribution in [2.45, 2.75) is 0 Å². The van der Waals surface area contributed by atoms with Crippen LogP contribution in [0.4, 0.5) is 5.69 Å². The molecule has 0 aliphatic rings. The second-order valence-corrected chi connectivity index (χ2v) is 3.85. The van der Waals surface area contributed by atoms with E-state index in [1.54, 1.807) is 24.3 Å². The lowest BCUT2D eigenvalue weighted by Crippen LogP contribution is -1.96. The quantitative estimate of drug-likeness (QED) is 0.475. The van der Waals surface area contributed by atoms with Gasteiger partial charge in [-0.15, -0.1) is 0 Å². The van der Waals surface area contributed by atoms with Gasteiger partial charge in [0.15, 0.2) is 6.29 Å². The summed E-state index contributed by atoms with van der Waals surface area (Å²) < 4.78 is 10.5. The molecule has 0 spiro atoms. The number of carbonyl (C=O) groups is 1. The van der Waals surface area contributed by atoms with Gasteiger partial charge >= 0.3 is 5.69 Å². The predicted octanol–water partition coefficient (Wildman–Crippen LogP) is 3.21. The molecule has 0 aliphatic carbocycles. The number of carbonyl (C=O) groups excluding carboxylic acids is 1. The third kappa shape index (κ3) is 2.74. The summed E-state index contributed by atoms with van der Waals surface area (Å²) in [5.41, 5.74) is 0.108. The van der Waals surface area contributed by atoms with E-state index >= 15 is 0 Å². The van der Waals surface area contributed by atoms with E-state index in [1.165, 1.54) is 25.3 Å². The number of aldehydes is 1. The molecule has 6 nitrogen and oxygen atoms in total. The second-order valence-electron chi connectivity index (χ2n) is 3.85. The zero-order valence-electron chi connectivity index (χ0n) is 10.6. The highest BCUT2D eigenvalue weighted by atomic mass is 16.6. The van der Waals surface area contributed by atoms with Crippen molar-refractivity contribution in [2.24, 2.45) is 0 Å². The first-order chi connectivity index (χ1) is 9.65. The molecule has 6 heteroatoms. The van der Waals surface area contributed by atoms with Crippen molar-refractivity contribution in [1.82, 2.24) is 0 Å². The van der Waals surface area contributed by atoms with Gasteiger partial charge in [-0.05, 0) is 18.2 Å². The molecule has 0 aromatic heterocycles. The van der Waals surface area contributed by atoms with E-state index in [1.807, 2.05) is 0 Å². The zero-order chi connectivity index (χ0) is 14.5. The topological polar surface area (TPSA) is 78.7 Å². The summed E-state index contributed by atoms with van der Waals surface area (Å²) in [4.78, 5) is 21.3. The summed E-state index contributed by atoms with van der Waals surface area (Å²) in [5.74, 6) is 0.691. The van der Waals surface area contributed by atoms with Gasteiger partial charge in [0.25, 0.3) is 0 Å². The molecule has 0 amide bonds. The fourth-order valence-electron chi connectivity index (χ4n) is 1.64. The summed E-state index contributed by atoms with van der Waals surface area (Å²) >= 11 is 0. The average molecular weight is 273 g/mol.